The summed E-state index contributed by atoms with van der Waals surface area (Å²) < 4.78 is 1.84. The van der Waals surface area contributed by atoms with Gasteiger partial charge in [0.1, 0.15) is 12.7 Å². The summed E-state index contributed by atoms with van der Waals surface area (Å²) in [6.07, 6.45) is 9.07. The van der Waals surface area contributed by atoms with E-state index < -0.39 is 0 Å². The molecule has 3 atom stereocenters. The van der Waals surface area contributed by atoms with Crippen molar-refractivity contribution in [2.24, 2.45) is 5.92 Å². The van der Waals surface area contributed by atoms with Crippen molar-refractivity contribution >= 4 is 5.91 Å². The number of carbonyl (C=O) groups excluding carboxylic acids is 1. The standard InChI is InChI=1S/C18H24N6O/c1-14(25)24-17(11-23-13-20-12-21-23)8-16-10-22(7-4-18(16)24)9-15-2-5-19-6-3-15/h2-3,5-6,12-13,16-18H,4,7-11H2,1H3/t16-,17+,18+/m1/s1. The van der Waals surface area contributed by atoms with E-state index in [0.29, 0.717) is 12.0 Å². The summed E-state index contributed by atoms with van der Waals surface area (Å²) in [5.74, 6) is 0.716. The van der Waals surface area contributed by atoms with E-state index in [1.54, 1.807) is 19.6 Å². The number of nitrogens with zero attached hydrogens (tertiary/aromatic N) is 6. The molecule has 4 rings (SSSR count). The first-order valence-corrected chi connectivity index (χ1v) is 8.93. The average Bonchev–Trinajstić information content (AvgIpc) is 3.23. The highest BCUT2D eigenvalue weighted by molar-refractivity contribution is 5.74. The van der Waals surface area contributed by atoms with E-state index in [-0.39, 0.29) is 11.9 Å². The van der Waals surface area contributed by atoms with Crippen LogP contribution in [0, 0.1) is 5.92 Å². The predicted octanol–water partition coefficient (Wildman–Crippen LogP) is 1.18. The molecule has 0 bridgehead atoms. The molecule has 7 nitrogen and oxygen atoms in total. The smallest absolute Gasteiger partial charge is 0.220 e. The van der Waals surface area contributed by atoms with Gasteiger partial charge < -0.3 is 4.90 Å². The quantitative estimate of drug-likeness (QED) is 0.836. The van der Waals surface area contributed by atoms with Crippen molar-refractivity contribution in [1.29, 1.82) is 0 Å². The van der Waals surface area contributed by atoms with Crippen molar-refractivity contribution in [3.63, 3.8) is 0 Å². The Morgan fingerprint density at radius 3 is 2.84 bits per heavy atom. The second kappa shape index (κ2) is 6.92. The van der Waals surface area contributed by atoms with Crippen molar-refractivity contribution in [2.45, 2.75) is 44.9 Å². The van der Waals surface area contributed by atoms with Gasteiger partial charge in [0.05, 0.1) is 12.6 Å². The van der Waals surface area contributed by atoms with Crippen molar-refractivity contribution in [3.05, 3.63) is 42.7 Å². The van der Waals surface area contributed by atoms with Crippen LogP contribution in [0.3, 0.4) is 0 Å². The number of hydrogen-bond donors (Lipinski definition) is 0. The number of fused-ring (bicyclic) bond motifs is 1. The minimum Gasteiger partial charge on any atom is -0.335 e. The third kappa shape index (κ3) is 3.42. The highest BCUT2D eigenvalue weighted by Crippen LogP contribution is 2.36. The Bertz CT molecular complexity index is 704. The van der Waals surface area contributed by atoms with Gasteiger partial charge in [-0.2, -0.15) is 5.10 Å². The maximum Gasteiger partial charge on any atom is 0.220 e. The van der Waals surface area contributed by atoms with E-state index in [9.17, 15) is 4.79 Å². The minimum absolute atomic E-state index is 0.181. The lowest BCUT2D eigenvalue weighted by Crippen LogP contribution is -2.48. The lowest BCUT2D eigenvalue weighted by Gasteiger charge is -2.38. The monoisotopic (exact) mass is 340 g/mol. The Balaban J connectivity index is 1.44. The first-order chi connectivity index (χ1) is 12.2. The van der Waals surface area contributed by atoms with E-state index in [2.05, 4.69) is 37.0 Å². The summed E-state index contributed by atoms with van der Waals surface area (Å²) in [5.41, 5.74) is 1.30. The topological polar surface area (TPSA) is 67.2 Å². The fraction of sp³-hybridized carbons (Fsp3) is 0.556. The summed E-state index contributed by atoms with van der Waals surface area (Å²) in [5, 5.41) is 4.21. The molecule has 2 aromatic heterocycles. The van der Waals surface area contributed by atoms with E-state index in [4.69, 9.17) is 0 Å². The van der Waals surface area contributed by atoms with E-state index >= 15 is 0 Å². The van der Waals surface area contributed by atoms with Crippen LogP contribution in [0.1, 0.15) is 25.3 Å². The molecule has 2 saturated heterocycles. The molecule has 7 heteroatoms. The Morgan fingerprint density at radius 1 is 1.28 bits per heavy atom. The van der Waals surface area contributed by atoms with Crippen LogP contribution in [0.15, 0.2) is 37.2 Å². The van der Waals surface area contributed by atoms with Crippen molar-refractivity contribution < 1.29 is 4.79 Å². The van der Waals surface area contributed by atoms with Gasteiger partial charge in [0, 0.05) is 45.0 Å². The summed E-state index contributed by atoms with van der Waals surface area (Å²) in [6.45, 7) is 5.46. The number of pyridine rings is 1. The molecule has 25 heavy (non-hydrogen) atoms. The number of rotatable bonds is 4. The normalized spacial score (nSPS) is 26.6. The second-order valence-corrected chi connectivity index (χ2v) is 7.14. The van der Waals surface area contributed by atoms with Gasteiger partial charge in [0.2, 0.25) is 5.91 Å². The molecule has 2 fully saturated rings. The zero-order valence-corrected chi connectivity index (χ0v) is 14.5. The van der Waals surface area contributed by atoms with Gasteiger partial charge in [0.25, 0.3) is 0 Å². The Hall–Kier alpha value is -2.28. The number of likely N-dealkylation sites (tertiary alicyclic amines) is 2. The van der Waals surface area contributed by atoms with Crippen molar-refractivity contribution in [2.75, 3.05) is 13.1 Å². The van der Waals surface area contributed by atoms with Crippen LogP contribution in [0.2, 0.25) is 0 Å². The lowest BCUT2D eigenvalue weighted by atomic mass is 9.92. The molecular formula is C18H24N6O. The SMILES string of the molecule is CC(=O)N1[C@H](Cn2cncn2)C[C@@H]2CN(Cc3ccncc3)CC[C@@H]21. The third-order valence-electron chi connectivity index (χ3n) is 5.49. The number of carbonyl (C=O) groups is 1. The van der Waals surface area contributed by atoms with E-state index in [1.807, 2.05) is 17.1 Å². The van der Waals surface area contributed by atoms with Gasteiger partial charge in [0.15, 0.2) is 0 Å². The predicted molar refractivity (Wildman–Crippen MR) is 92.4 cm³/mol. The summed E-state index contributed by atoms with van der Waals surface area (Å²) in [6, 6.07) is 4.74. The first-order valence-electron chi connectivity index (χ1n) is 8.93. The second-order valence-electron chi connectivity index (χ2n) is 7.14. The molecule has 1 amide bonds. The Morgan fingerprint density at radius 2 is 2.12 bits per heavy atom. The van der Waals surface area contributed by atoms with Gasteiger partial charge >= 0.3 is 0 Å². The van der Waals surface area contributed by atoms with Crippen molar-refractivity contribution in [3.8, 4) is 0 Å². The summed E-state index contributed by atoms with van der Waals surface area (Å²) in [7, 11) is 0. The Labute approximate surface area is 147 Å². The number of piperidine rings is 1. The fourth-order valence-electron chi connectivity index (χ4n) is 4.51. The molecule has 132 valence electrons. The van der Waals surface area contributed by atoms with Gasteiger partial charge in [-0.15, -0.1) is 0 Å². The molecular weight excluding hydrogens is 316 g/mol. The van der Waals surface area contributed by atoms with Gasteiger partial charge in [-0.1, -0.05) is 0 Å². The molecule has 0 unspecified atom stereocenters. The molecule has 0 aromatic carbocycles. The molecule has 4 heterocycles. The summed E-state index contributed by atoms with van der Waals surface area (Å²) in [4.78, 5) is 25.0. The molecule has 0 spiro atoms. The number of hydrogen-bond acceptors (Lipinski definition) is 5. The maximum absolute atomic E-state index is 12.3. The minimum atomic E-state index is 0.181. The largest absolute Gasteiger partial charge is 0.335 e. The van der Waals surface area contributed by atoms with Crippen LogP contribution in [0.25, 0.3) is 0 Å². The zero-order chi connectivity index (χ0) is 17.2. The average molecular weight is 340 g/mol. The van der Waals surface area contributed by atoms with Crippen LogP contribution in [0.4, 0.5) is 0 Å². The molecule has 0 N–H and O–H groups in total. The van der Waals surface area contributed by atoms with Crippen LogP contribution < -0.4 is 0 Å². The molecule has 0 saturated carbocycles. The van der Waals surface area contributed by atoms with E-state index in [1.165, 1.54) is 5.56 Å². The number of aromatic nitrogens is 4. The van der Waals surface area contributed by atoms with Crippen LogP contribution >= 0.6 is 0 Å². The molecule has 2 aliphatic heterocycles. The summed E-state index contributed by atoms with van der Waals surface area (Å²) >= 11 is 0. The maximum atomic E-state index is 12.3. The molecule has 0 aliphatic carbocycles. The van der Waals surface area contributed by atoms with Crippen LogP contribution in [-0.4, -0.2) is 60.6 Å². The molecule has 2 aliphatic rings. The Kier molecular flexibility index (Phi) is 4.48. The highest BCUT2D eigenvalue weighted by atomic mass is 16.2. The van der Waals surface area contributed by atoms with Crippen LogP contribution in [-0.2, 0) is 17.9 Å². The van der Waals surface area contributed by atoms with Gasteiger partial charge in [-0.3, -0.25) is 19.4 Å². The molecule has 2 aromatic rings. The zero-order valence-electron chi connectivity index (χ0n) is 14.5. The fourth-order valence-corrected chi connectivity index (χ4v) is 4.51. The lowest BCUT2D eigenvalue weighted by molar-refractivity contribution is -0.133. The third-order valence-corrected chi connectivity index (χ3v) is 5.49. The highest BCUT2D eigenvalue weighted by Gasteiger charge is 2.45. The van der Waals surface area contributed by atoms with E-state index in [0.717, 1.165) is 39.0 Å². The van der Waals surface area contributed by atoms with Gasteiger partial charge in [-0.25, -0.2) is 4.98 Å². The molecule has 0 radical (unpaired) electrons. The van der Waals surface area contributed by atoms with Gasteiger partial charge in [-0.05, 0) is 36.5 Å². The number of amides is 1. The first kappa shape index (κ1) is 16.2. The van der Waals surface area contributed by atoms with Crippen molar-refractivity contribution in [1.82, 2.24) is 29.5 Å². The van der Waals surface area contributed by atoms with Crippen LogP contribution in [0.5, 0.6) is 0 Å².